The van der Waals surface area contributed by atoms with E-state index in [0.29, 0.717) is 23.2 Å². The standard InChI is InChI=1S/C25H34N2O6/c1-6-20(28)15-27(24(31)32-16-18-10-8-7-9-11-18)14-19-12-17(2)21(13-22(19)29)26-23(30)33-25(3,4)5/h7-13,20,28-29H,6,14-16H2,1-5H3,(H,26,30)/t20-/m0/s1. The number of rotatable bonds is 8. The fourth-order valence-electron chi connectivity index (χ4n) is 3.03. The predicted molar refractivity (Wildman–Crippen MR) is 126 cm³/mol. The molecule has 0 radical (unpaired) electrons. The Morgan fingerprint density at radius 1 is 1.15 bits per heavy atom. The fourth-order valence-corrected chi connectivity index (χ4v) is 3.03. The third-order valence-corrected chi connectivity index (χ3v) is 4.79. The summed E-state index contributed by atoms with van der Waals surface area (Å²) in [6, 6.07) is 12.4. The molecular formula is C25H34N2O6. The van der Waals surface area contributed by atoms with Gasteiger partial charge in [-0.15, -0.1) is 0 Å². The lowest BCUT2D eigenvalue weighted by Gasteiger charge is -2.25. The molecule has 0 fully saturated rings. The summed E-state index contributed by atoms with van der Waals surface area (Å²) in [5.74, 6) is -0.0986. The molecule has 2 amide bonds. The highest BCUT2D eigenvalue weighted by atomic mass is 16.6. The van der Waals surface area contributed by atoms with Gasteiger partial charge in [0.2, 0.25) is 0 Å². The lowest BCUT2D eigenvalue weighted by molar-refractivity contribution is 0.0635. The fraction of sp³-hybridized carbons (Fsp3) is 0.440. The zero-order valence-electron chi connectivity index (χ0n) is 19.9. The van der Waals surface area contributed by atoms with Gasteiger partial charge >= 0.3 is 12.2 Å². The van der Waals surface area contributed by atoms with Crippen LogP contribution in [0.25, 0.3) is 0 Å². The van der Waals surface area contributed by atoms with Gasteiger partial charge in [-0.2, -0.15) is 0 Å². The summed E-state index contributed by atoms with van der Waals surface area (Å²) in [6.45, 7) is 9.06. The van der Waals surface area contributed by atoms with Crippen LogP contribution in [0.3, 0.4) is 0 Å². The molecule has 0 unspecified atom stereocenters. The number of nitrogens with one attached hydrogen (secondary N) is 1. The number of amides is 2. The van der Waals surface area contributed by atoms with Crippen LogP contribution >= 0.6 is 0 Å². The van der Waals surface area contributed by atoms with Crippen molar-refractivity contribution in [1.82, 2.24) is 4.90 Å². The van der Waals surface area contributed by atoms with E-state index in [-0.39, 0.29) is 25.4 Å². The summed E-state index contributed by atoms with van der Waals surface area (Å²) < 4.78 is 10.7. The molecule has 3 N–H and O–H groups in total. The van der Waals surface area contributed by atoms with Crippen LogP contribution in [0.4, 0.5) is 15.3 Å². The number of hydrogen-bond acceptors (Lipinski definition) is 6. The minimum atomic E-state index is -0.731. The maximum atomic E-state index is 12.8. The van der Waals surface area contributed by atoms with Crippen molar-refractivity contribution in [2.24, 2.45) is 0 Å². The molecule has 0 saturated carbocycles. The number of carbonyl (C=O) groups excluding carboxylic acids is 2. The lowest BCUT2D eigenvalue weighted by Crippen LogP contribution is -2.37. The van der Waals surface area contributed by atoms with E-state index in [9.17, 15) is 19.8 Å². The van der Waals surface area contributed by atoms with E-state index in [1.165, 1.54) is 11.0 Å². The van der Waals surface area contributed by atoms with Crippen LogP contribution in [0.15, 0.2) is 42.5 Å². The first kappa shape index (κ1) is 26.0. The predicted octanol–water partition coefficient (Wildman–Crippen LogP) is 4.96. The summed E-state index contributed by atoms with van der Waals surface area (Å²) in [5.41, 5.74) is 1.74. The number of carbonyl (C=O) groups is 2. The molecule has 1 atom stereocenters. The summed E-state index contributed by atoms with van der Waals surface area (Å²) in [6.07, 6.45) is -1.49. The van der Waals surface area contributed by atoms with E-state index in [1.807, 2.05) is 37.3 Å². The molecule has 8 heteroatoms. The van der Waals surface area contributed by atoms with E-state index >= 15 is 0 Å². The molecule has 0 aliphatic carbocycles. The van der Waals surface area contributed by atoms with Gasteiger partial charge in [-0.1, -0.05) is 37.3 Å². The highest BCUT2D eigenvalue weighted by molar-refractivity contribution is 5.86. The van der Waals surface area contributed by atoms with Crippen LogP contribution in [-0.4, -0.2) is 45.5 Å². The van der Waals surface area contributed by atoms with Crippen LogP contribution in [-0.2, 0) is 22.6 Å². The van der Waals surface area contributed by atoms with Crippen molar-refractivity contribution < 1.29 is 29.3 Å². The highest BCUT2D eigenvalue weighted by Gasteiger charge is 2.22. The molecule has 2 aromatic carbocycles. The first-order chi connectivity index (χ1) is 15.5. The zero-order valence-corrected chi connectivity index (χ0v) is 19.9. The van der Waals surface area contributed by atoms with Crippen molar-refractivity contribution in [3.05, 3.63) is 59.2 Å². The Kier molecular flexibility index (Phi) is 9.11. The highest BCUT2D eigenvalue weighted by Crippen LogP contribution is 2.28. The number of benzene rings is 2. The molecule has 0 aliphatic rings. The van der Waals surface area contributed by atoms with Crippen molar-refractivity contribution >= 4 is 17.9 Å². The van der Waals surface area contributed by atoms with Crippen molar-refractivity contribution in [3.63, 3.8) is 0 Å². The molecule has 0 heterocycles. The second-order valence-corrected chi connectivity index (χ2v) is 8.91. The Balaban J connectivity index is 2.14. The monoisotopic (exact) mass is 458 g/mol. The molecule has 2 aromatic rings. The molecule has 0 bridgehead atoms. The normalized spacial score (nSPS) is 12.1. The number of aliphatic hydroxyl groups is 1. The SMILES string of the molecule is CC[C@H](O)CN(Cc1cc(C)c(NC(=O)OC(C)(C)C)cc1O)C(=O)OCc1ccccc1. The van der Waals surface area contributed by atoms with Crippen LogP contribution in [0.5, 0.6) is 5.75 Å². The molecular weight excluding hydrogens is 424 g/mol. The second-order valence-electron chi connectivity index (χ2n) is 8.91. The van der Waals surface area contributed by atoms with Gasteiger partial charge < -0.3 is 24.6 Å². The summed E-state index contributed by atoms with van der Waals surface area (Å²) in [5, 5.41) is 23.3. The van der Waals surface area contributed by atoms with Crippen LogP contribution < -0.4 is 5.32 Å². The van der Waals surface area contributed by atoms with E-state index in [4.69, 9.17) is 9.47 Å². The lowest BCUT2D eigenvalue weighted by atomic mass is 10.1. The second kappa shape index (κ2) is 11.6. The van der Waals surface area contributed by atoms with Crippen molar-refractivity contribution in [2.45, 2.75) is 65.9 Å². The van der Waals surface area contributed by atoms with Crippen LogP contribution in [0, 0.1) is 6.92 Å². The molecule has 33 heavy (non-hydrogen) atoms. The molecule has 0 spiro atoms. The van der Waals surface area contributed by atoms with Crippen LogP contribution in [0.2, 0.25) is 0 Å². The smallest absolute Gasteiger partial charge is 0.412 e. The van der Waals surface area contributed by atoms with Gasteiger partial charge in [-0.25, -0.2) is 9.59 Å². The van der Waals surface area contributed by atoms with Gasteiger partial charge in [0.05, 0.1) is 24.9 Å². The van der Waals surface area contributed by atoms with Gasteiger partial charge in [0.25, 0.3) is 0 Å². The maximum absolute atomic E-state index is 12.8. The van der Waals surface area contributed by atoms with E-state index in [0.717, 1.165) is 5.56 Å². The van der Waals surface area contributed by atoms with E-state index < -0.39 is 23.9 Å². The summed E-state index contributed by atoms with van der Waals surface area (Å²) in [7, 11) is 0. The topological polar surface area (TPSA) is 108 Å². The van der Waals surface area contributed by atoms with Crippen LogP contribution in [0.1, 0.15) is 50.8 Å². The van der Waals surface area contributed by atoms with Crippen molar-refractivity contribution in [2.75, 3.05) is 11.9 Å². The number of phenolic OH excluding ortho intramolecular Hbond substituents is 1. The first-order valence-corrected chi connectivity index (χ1v) is 10.9. The number of hydrogen-bond donors (Lipinski definition) is 3. The van der Waals surface area contributed by atoms with Gasteiger partial charge in [0.15, 0.2) is 0 Å². The third-order valence-electron chi connectivity index (χ3n) is 4.79. The Morgan fingerprint density at radius 3 is 2.42 bits per heavy atom. The number of anilines is 1. The molecule has 8 nitrogen and oxygen atoms in total. The molecule has 0 saturated heterocycles. The van der Waals surface area contributed by atoms with Crippen molar-refractivity contribution in [3.8, 4) is 5.75 Å². The van der Waals surface area contributed by atoms with Gasteiger partial charge in [-0.3, -0.25) is 5.32 Å². The quantitative estimate of drug-likeness (QED) is 0.516. The minimum Gasteiger partial charge on any atom is -0.508 e. The van der Waals surface area contributed by atoms with Crippen molar-refractivity contribution in [1.29, 1.82) is 0 Å². The number of aromatic hydroxyl groups is 1. The molecule has 0 aliphatic heterocycles. The Labute approximate surface area is 195 Å². The zero-order chi connectivity index (χ0) is 24.6. The number of ether oxygens (including phenoxy) is 2. The molecule has 180 valence electrons. The summed E-state index contributed by atoms with van der Waals surface area (Å²) >= 11 is 0. The van der Waals surface area contributed by atoms with Gasteiger partial charge in [-0.05, 0) is 51.3 Å². The largest absolute Gasteiger partial charge is 0.508 e. The number of aryl methyl sites for hydroxylation is 1. The molecule has 0 aromatic heterocycles. The number of nitrogens with zero attached hydrogens (tertiary/aromatic N) is 1. The van der Waals surface area contributed by atoms with E-state index in [1.54, 1.807) is 33.8 Å². The number of aliphatic hydroxyl groups excluding tert-OH is 1. The van der Waals surface area contributed by atoms with Gasteiger partial charge in [0.1, 0.15) is 18.0 Å². The third kappa shape index (κ3) is 8.65. The minimum absolute atomic E-state index is 0.0318. The average molecular weight is 459 g/mol. The van der Waals surface area contributed by atoms with E-state index in [2.05, 4.69) is 5.32 Å². The van der Waals surface area contributed by atoms with Gasteiger partial charge in [0, 0.05) is 11.6 Å². The average Bonchev–Trinajstić information content (AvgIpc) is 2.74. The summed E-state index contributed by atoms with van der Waals surface area (Å²) in [4.78, 5) is 26.2. The maximum Gasteiger partial charge on any atom is 0.412 e. The number of phenols is 1. The Hall–Kier alpha value is -3.26. The molecule has 2 rings (SSSR count). The Bertz CT molecular complexity index is 940. The first-order valence-electron chi connectivity index (χ1n) is 10.9. The Morgan fingerprint density at radius 2 is 1.82 bits per heavy atom.